The summed E-state index contributed by atoms with van der Waals surface area (Å²) in [6.45, 7) is 7.00. The number of piperidine rings is 1. The van der Waals surface area contributed by atoms with Crippen LogP contribution in [0.3, 0.4) is 0 Å². The van der Waals surface area contributed by atoms with E-state index >= 15 is 0 Å². The molecule has 0 atom stereocenters. The third kappa shape index (κ3) is 4.03. The highest BCUT2D eigenvalue weighted by Gasteiger charge is 2.40. The maximum absolute atomic E-state index is 12.9. The minimum absolute atomic E-state index is 0.0645. The smallest absolute Gasteiger partial charge is 0.273 e. The quantitative estimate of drug-likeness (QED) is 0.793. The number of rotatable bonds is 5. The summed E-state index contributed by atoms with van der Waals surface area (Å²) in [5, 5.41) is 15.1. The lowest BCUT2D eigenvalue weighted by atomic mass is 9.94. The number of amides is 1. The zero-order valence-electron chi connectivity index (χ0n) is 16.4. The summed E-state index contributed by atoms with van der Waals surface area (Å²) in [5.74, 6) is 2.35. The van der Waals surface area contributed by atoms with Crippen molar-refractivity contribution >= 4 is 17.7 Å². The molecule has 3 fully saturated rings. The van der Waals surface area contributed by atoms with E-state index < -0.39 is 0 Å². The van der Waals surface area contributed by atoms with Gasteiger partial charge in [-0.15, -0.1) is 5.10 Å². The molecule has 0 spiro atoms. The van der Waals surface area contributed by atoms with Gasteiger partial charge in [-0.2, -0.15) is 11.8 Å². The number of hydrogen-bond donors (Lipinski definition) is 2. The van der Waals surface area contributed by atoms with Crippen molar-refractivity contribution in [3.8, 4) is 0 Å². The number of nitrogens with zero attached hydrogens (tertiary/aromatic N) is 4. The molecule has 1 saturated carbocycles. The van der Waals surface area contributed by atoms with Crippen molar-refractivity contribution in [2.24, 2.45) is 0 Å². The first-order chi connectivity index (χ1) is 13.2. The zero-order valence-corrected chi connectivity index (χ0v) is 17.2. The Morgan fingerprint density at radius 3 is 2.67 bits per heavy atom. The van der Waals surface area contributed by atoms with Gasteiger partial charge in [0.1, 0.15) is 0 Å². The molecule has 150 valence electrons. The molecule has 1 aromatic rings. The Kier molecular flexibility index (Phi) is 6.04. The second-order valence-electron chi connectivity index (χ2n) is 8.16. The summed E-state index contributed by atoms with van der Waals surface area (Å²) in [7, 11) is 0. The molecule has 3 aliphatic rings. The van der Waals surface area contributed by atoms with Crippen LogP contribution in [0.4, 0.5) is 0 Å². The van der Waals surface area contributed by atoms with Gasteiger partial charge in [-0.25, -0.2) is 4.68 Å². The Morgan fingerprint density at radius 2 is 1.96 bits per heavy atom. The van der Waals surface area contributed by atoms with Crippen molar-refractivity contribution in [3.63, 3.8) is 0 Å². The minimum Gasteiger partial charge on any atom is -0.349 e. The summed E-state index contributed by atoms with van der Waals surface area (Å²) in [5.41, 5.74) is 1.54. The maximum Gasteiger partial charge on any atom is 0.273 e. The molecule has 7 nitrogen and oxygen atoms in total. The number of carbonyl (C=O) groups is 1. The molecule has 4 rings (SSSR count). The third-order valence-corrected chi connectivity index (χ3v) is 7.53. The fourth-order valence-corrected chi connectivity index (χ4v) is 5.86. The van der Waals surface area contributed by atoms with Gasteiger partial charge in [-0.3, -0.25) is 9.69 Å². The van der Waals surface area contributed by atoms with E-state index in [1.807, 2.05) is 23.4 Å². The first-order valence-corrected chi connectivity index (χ1v) is 11.6. The third-order valence-electron chi connectivity index (χ3n) is 6.59. The Morgan fingerprint density at radius 1 is 1.26 bits per heavy atom. The number of carbonyl (C=O) groups excluding carboxylic acids is 1. The highest BCUT2D eigenvalue weighted by molar-refractivity contribution is 7.99. The molecule has 1 aromatic heterocycles. The predicted octanol–water partition coefficient (Wildman–Crippen LogP) is 1.60. The van der Waals surface area contributed by atoms with Crippen molar-refractivity contribution in [1.29, 1.82) is 0 Å². The standard InChI is InChI=1S/C19H32N6OS/c1-15-17(22-23-25(15)16-4-8-20-9-5-16)18(26)21-14-19(6-2-3-7-19)24-10-12-27-13-11-24/h16,20H,2-14H2,1H3,(H,21,26). The number of hydrogen-bond acceptors (Lipinski definition) is 6. The van der Waals surface area contributed by atoms with Crippen molar-refractivity contribution in [2.45, 2.75) is 57.0 Å². The van der Waals surface area contributed by atoms with Gasteiger partial charge >= 0.3 is 0 Å². The lowest BCUT2D eigenvalue weighted by molar-refractivity contribution is 0.0813. The largest absolute Gasteiger partial charge is 0.349 e. The van der Waals surface area contributed by atoms with Gasteiger partial charge < -0.3 is 10.6 Å². The first-order valence-electron chi connectivity index (χ1n) is 10.4. The number of thioether (sulfide) groups is 1. The van der Waals surface area contributed by atoms with E-state index in [0.717, 1.165) is 51.3 Å². The van der Waals surface area contributed by atoms with Crippen LogP contribution in [0.15, 0.2) is 0 Å². The zero-order chi connectivity index (χ0) is 18.7. The SMILES string of the molecule is Cc1c(C(=O)NCC2(N3CCSCC3)CCCC2)nnn1C1CCNCC1. The Hall–Kier alpha value is -1.12. The highest BCUT2D eigenvalue weighted by Crippen LogP contribution is 2.36. The molecule has 27 heavy (non-hydrogen) atoms. The molecule has 2 N–H and O–H groups in total. The predicted molar refractivity (Wildman–Crippen MR) is 108 cm³/mol. The van der Waals surface area contributed by atoms with Gasteiger partial charge in [0.05, 0.1) is 11.7 Å². The average Bonchev–Trinajstić information content (AvgIpc) is 3.35. The Bertz CT molecular complexity index is 645. The van der Waals surface area contributed by atoms with Crippen molar-refractivity contribution < 1.29 is 4.79 Å². The maximum atomic E-state index is 12.9. The van der Waals surface area contributed by atoms with E-state index in [4.69, 9.17) is 0 Å². The van der Waals surface area contributed by atoms with Gasteiger partial charge in [-0.1, -0.05) is 18.1 Å². The van der Waals surface area contributed by atoms with Crippen LogP contribution < -0.4 is 10.6 Å². The lowest BCUT2D eigenvalue weighted by Gasteiger charge is -2.43. The van der Waals surface area contributed by atoms with Crippen molar-refractivity contribution in [1.82, 2.24) is 30.5 Å². The summed E-state index contributed by atoms with van der Waals surface area (Å²) in [6.07, 6.45) is 7.01. The van der Waals surface area contributed by atoms with Crippen molar-refractivity contribution in [3.05, 3.63) is 11.4 Å². The molecular formula is C19H32N6OS. The fraction of sp³-hybridized carbons (Fsp3) is 0.842. The summed E-state index contributed by atoms with van der Waals surface area (Å²) < 4.78 is 1.96. The molecule has 2 aliphatic heterocycles. The van der Waals surface area contributed by atoms with Crippen LogP contribution >= 0.6 is 11.8 Å². The molecular weight excluding hydrogens is 360 g/mol. The van der Waals surface area contributed by atoms with Crippen LogP contribution in [0.1, 0.15) is 60.7 Å². The summed E-state index contributed by atoms with van der Waals surface area (Å²) in [6, 6.07) is 0.354. The van der Waals surface area contributed by atoms with E-state index in [1.54, 1.807) is 0 Å². The molecule has 0 bridgehead atoms. The van der Waals surface area contributed by atoms with Crippen LogP contribution in [0.5, 0.6) is 0 Å². The molecule has 3 heterocycles. The Balaban J connectivity index is 1.42. The van der Waals surface area contributed by atoms with E-state index in [0.29, 0.717) is 11.7 Å². The van der Waals surface area contributed by atoms with Gasteiger partial charge in [-0.05, 0) is 45.7 Å². The van der Waals surface area contributed by atoms with Crippen molar-refractivity contribution in [2.75, 3.05) is 44.2 Å². The molecule has 2 saturated heterocycles. The van der Waals surface area contributed by atoms with Crippen LogP contribution in [0, 0.1) is 6.92 Å². The molecule has 8 heteroatoms. The van der Waals surface area contributed by atoms with Gasteiger partial charge in [0.15, 0.2) is 5.69 Å². The molecule has 1 aliphatic carbocycles. The monoisotopic (exact) mass is 392 g/mol. The van der Waals surface area contributed by atoms with E-state index in [1.165, 1.54) is 37.2 Å². The molecule has 0 aromatic carbocycles. The van der Waals surface area contributed by atoms with Crippen LogP contribution in [0.25, 0.3) is 0 Å². The number of nitrogens with one attached hydrogen (secondary N) is 2. The number of aromatic nitrogens is 3. The normalized spacial score (nSPS) is 24.2. The summed E-state index contributed by atoms with van der Waals surface area (Å²) >= 11 is 2.04. The van der Waals surface area contributed by atoms with Crippen LogP contribution in [0.2, 0.25) is 0 Å². The van der Waals surface area contributed by atoms with Crippen LogP contribution in [-0.2, 0) is 0 Å². The average molecular weight is 393 g/mol. The second-order valence-corrected chi connectivity index (χ2v) is 9.39. The molecule has 0 unspecified atom stereocenters. The summed E-state index contributed by atoms with van der Waals surface area (Å²) in [4.78, 5) is 15.5. The molecule has 1 amide bonds. The van der Waals surface area contributed by atoms with Gasteiger partial charge in [0, 0.05) is 36.7 Å². The van der Waals surface area contributed by atoms with Crippen LogP contribution in [-0.4, -0.2) is 75.6 Å². The molecule has 0 radical (unpaired) electrons. The lowest BCUT2D eigenvalue weighted by Crippen LogP contribution is -2.56. The fourth-order valence-electron chi connectivity index (χ4n) is 4.95. The van der Waals surface area contributed by atoms with E-state index in [-0.39, 0.29) is 11.4 Å². The highest BCUT2D eigenvalue weighted by atomic mass is 32.2. The minimum atomic E-state index is -0.0645. The van der Waals surface area contributed by atoms with E-state index in [2.05, 4.69) is 25.8 Å². The van der Waals surface area contributed by atoms with E-state index in [9.17, 15) is 4.79 Å². The topological polar surface area (TPSA) is 75.1 Å². The van der Waals surface area contributed by atoms with Gasteiger partial charge in [0.2, 0.25) is 0 Å². The Labute approximate surface area is 166 Å². The second kappa shape index (κ2) is 8.49. The first kappa shape index (κ1) is 19.2. The van der Waals surface area contributed by atoms with Gasteiger partial charge in [0.25, 0.3) is 5.91 Å².